The number of hydrogen-bond donors (Lipinski definition) is 0. The van der Waals surface area contributed by atoms with Crippen molar-refractivity contribution in [3.05, 3.63) is 35.9 Å². The summed E-state index contributed by atoms with van der Waals surface area (Å²) >= 11 is 0. The largest absolute Gasteiger partial charge is 0.340 e. The van der Waals surface area contributed by atoms with Gasteiger partial charge in [0.1, 0.15) is 0 Å². The first-order chi connectivity index (χ1) is 7.77. The van der Waals surface area contributed by atoms with Gasteiger partial charge >= 0.3 is 0 Å². The van der Waals surface area contributed by atoms with E-state index >= 15 is 0 Å². The van der Waals surface area contributed by atoms with E-state index < -0.39 is 0 Å². The highest BCUT2D eigenvalue weighted by Crippen LogP contribution is 2.18. The van der Waals surface area contributed by atoms with Gasteiger partial charge in [-0.3, -0.25) is 4.79 Å². The number of likely N-dealkylation sites (tertiary alicyclic amines) is 1. The van der Waals surface area contributed by atoms with E-state index in [9.17, 15) is 4.79 Å². The smallest absolute Gasteiger partial charge is 0.223 e. The van der Waals surface area contributed by atoms with Gasteiger partial charge in [0.2, 0.25) is 5.91 Å². The van der Waals surface area contributed by atoms with Gasteiger partial charge in [0.05, 0.1) is 0 Å². The van der Waals surface area contributed by atoms with E-state index in [1.807, 2.05) is 23.1 Å². The maximum absolute atomic E-state index is 12.0. The van der Waals surface area contributed by atoms with Crippen LogP contribution in [0.25, 0.3) is 0 Å². The van der Waals surface area contributed by atoms with Gasteiger partial charge in [0, 0.05) is 19.0 Å². The van der Waals surface area contributed by atoms with Crippen LogP contribution in [0.2, 0.25) is 0 Å². The van der Waals surface area contributed by atoms with E-state index in [4.69, 9.17) is 0 Å². The second-order valence-electron chi connectivity index (χ2n) is 4.56. The molecule has 0 aromatic heterocycles. The molecule has 2 rings (SSSR count). The fourth-order valence-electron chi connectivity index (χ4n) is 2.34. The predicted molar refractivity (Wildman–Crippen MR) is 65.2 cm³/mol. The van der Waals surface area contributed by atoms with Crippen LogP contribution in [-0.4, -0.2) is 23.4 Å². The molecular weight excluding hydrogens is 198 g/mol. The third kappa shape index (κ3) is 2.63. The first-order valence-electron chi connectivity index (χ1n) is 6.11. The Bertz CT molecular complexity index is 347. The van der Waals surface area contributed by atoms with Gasteiger partial charge in [-0.15, -0.1) is 0 Å². The first-order valence-corrected chi connectivity index (χ1v) is 6.11. The minimum atomic E-state index is 0.314. The molecule has 16 heavy (non-hydrogen) atoms. The Morgan fingerprint density at radius 3 is 2.75 bits per heavy atom. The van der Waals surface area contributed by atoms with E-state index in [2.05, 4.69) is 19.1 Å². The zero-order valence-corrected chi connectivity index (χ0v) is 9.86. The monoisotopic (exact) mass is 217 g/mol. The third-order valence-electron chi connectivity index (χ3n) is 3.34. The molecule has 0 spiro atoms. The Balaban J connectivity index is 1.84. The van der Waals surface area contributed by atoms with Gasteiger partial charge < -0.3 is 4.90 Å². The molecule has 1 aliphatic rings. The standard InChI is InChI=1S/C14H19NO/c1-12-6-5-11-15(12)14(16)10-9-13-7-3-2-4-8-13/h2-4,7-8,12H,5-6,9-11H2,1H3/t12-/m0/s1. The topological polar surface area (TPSA) is 20.3 Å². The summed E-state index contributed by atoms with van der Waals surface area (Å²) in [6.45, 7) is 3.10. The minimum absolute atomic E-state index is 0.314. The quantitative estimate of drug-likeness (QED) is 0.762. The number of carbonyl (C=O) groups is 1. The Hall–Kier alpha value is -1.31. The summed E-state index contributed by atoms with van der Waals surface area (Å²) in [6.07, 6.45) is 3.84. The molecule has 86 valence electrons. The van der Waals surface area contributed by atoms with E-state index in [0.717, 1.165) is 25.8 Å². The molecule has 0 saturated carbocycles. The van der Waals surface area contributed by atoms with Crippen LogP contribution in [0, 0.1) is 0 Å². The summed E-state index contributed by atoms with van der Waals surface area (Å²) in [7, 11) is 0. The van der Waals surface area contributed by atoms with Crippen LogP contribution in [0.1, 0.15) is 31.7 Å². The van der Waals surface area contributed by atoms with Crippen LogP contribution in [0.15, 0.2) is 30.3 Å². The Morgan fingerprint density at radius 2 is 2.12 bits per heavy atom. The summed E-state index contributed by atoms with van der Waals surface area (Å²) in [5.74, 6) is 0.314. The predicted octanol–water partition coefficient (Wildman–Crippen LogP) is 2.63. The molecule has 1 fully saturated rings. The molecule has 2 heteroatoms. The second kappa shape index (κ2) is 5.15. The summed E-state index contributed by atoms with van der Waals surface area (Å²) in [6, 6.07) is 10.7. The molecule has 0 radical (unpaired) electrons. The zero-order chi connectivity index (χ0) is 11.4. The number of benzene rings is 1. The van der Waals surface area contributed by atoms with E-state index in [0.29, 0.717) is 18.4 Å². The summed E-state index contributed by atoms with van der Waals surface area (Å²) in [5, 5.41) is 0. The van der Waals surface area contributed by atoms with Crippen molar-refractivity contribution in [3.63, 3.8) is 0 Å². The molecule has 1 heterocycles. The van der Waals surface area contributed by atoms with Gasteiger partial charge in [-0.25, -0.2) is 0 Å². The highest BCUT2D eigenvalue weighted by atomic mass is 16.2. The van der Waals surface area contributed by atoms with Gasteiger partial charge in [-0.05, 0) is 31.7 Å². The minimum Gasteiger partial charge on any atom is -0.340 e. The number of nitrogens with zero attached hydrogens (tertiary/aromatic N) is 1. The fourth-order valence-corrected chi connectivity index (χ4v) is 2.34. The molecule has 1 amide bonds. The van der Waals surface area contributed by atoms with E-state index in [-0.39, 0.29) is 0 Å². The highest BCUT2D eigenvalue weighted by Gasteiger charge is 2.24. The van der Waals surface area contributed by atoms with Crippen LogP contribution in [0.5, 0.6) is 0 Å². The molecule has 2 nitrogen and oxygen atoms in total. The average molecular weight is 217 g/mol. The molecule has 0 bridgehead atoms. The second-order valence-corrected chi connectivity index (χ2v) is 4.56. The number of aryl methyl sites for hydroxylation is 1. The molecule has 1 saturated heterocycles. The lowest BCUT2D eigenvalue weighted by atomic mass is 10.1. The molecule has 0 unspecified atom stereocenters. The van der Waals surface area contributed by atoms with Crippen molar-refractivity contribution in [2.24, 2.45) is 0 Å². The lowest BCUT2D eigenvalue weighted by molar-refractivity contribution is -0.131. The summed E-state index contributed by atoms with van der Waals surface area (Å²) in [4.78, 5) is 14.0. The Morgan fingerprint density at radius 1 is 1.38 bits per heavy atom. The summed E-state index contributed by atoms with van der Waals surface area (Å²) in [5.41, 5.74) is 1.25. The van der Waals surface area contributed by atoms with Crippen LogP contribution >= 0.6 is 0 Å². The van der Waals surface area contributed by atoms with Crippen LogP contribution < -0.4 is 0 Å². The third-order valence-corrected chi connectivity index (χ3v) is 3.34. The van der Waals surface area contributed by atoms with Crippen LogP contribution in [0.3, 0.4) is 0 Å². The van der Waals surface area contributed by atoms with Crippen molar-refractivity contribution in [1.29, 1.82) is 0 Å². The molecule has 1 aromatic carbocycles. The van der Waals surface area contributed by atoms with Crippen molar-refractivity contribution in [2.75, 3.05) is 6.54 Å². The maximum Gasteiger partial charge on any atom is 0.223 e. The molecule has 0 aliphatic carbocycles. The number of carbonyl (C=O) groups excluding carboxylic acids is 1. The Labute approximate surface area is 97.3 Å². The molecule has 1 atom stereocenters. The van der Waals surface area contributed by atoms with E-state index in [1.165, 1.54) is 5.56 Å². The van der Waals surface area contributed by atoms with Gasteiger partial charge in [-0.2, -0.15) is 0 Å². The van der Waals surface area contributed by atoms with Gasteiger partial charge in [-0.1, -0.05) is 30.3 Å². The van der Waals surface area contributed by atoms with Crippen LogP contribution in [0.4, 0.5) is 0 Å². The van der Waals surface area contributed by atoms with Gasteiger partial charge in [0.15, 0.2) is 0 Å². The average Bonchev–Trinajstić information content (AvgIpc) is 2.74. The number of amides is 1. The SMILES string of the molecule is C[C@H]1CCCN1C(=O)CCc1ccccc1. The lowest BCUT2D eigenvalue weighted by Crippen LogP contribution is -2.33. The van der Waals surface area contributed by atoms with Crippen molar-refractivity contribution >= 4 is 5.91 Å². The zero-order valence-electron chi connectivity index (χ0n) is 9.86. The fraction of sp³-hybridized carbons (Fsp3) is 0.500. The molecule has 1 aromatic rings. The van der Waals surface area contributed by atoms with Gasteiger partial charge in [0.25, 0.3) is 0 Å². The molecular formula is C14H19NO. The Kier molecular flexibility index (Phi) is 3.60. The lowest BCUT2D eigenvalue weighted by Gasteiger charge is -2.21. The van der Waals surface area contributed by atoms with Crippen molar-refractivity contribution in [1.82, 2.24) is 4.90 Å². The van der Waals surface area contributed by atoms with Crippen LogP contribution in [-0.2, 0) is 11.2 Å². The highest BCUT2D eigenvalue weighted by molar-refractivity contribution is 5.77. The van der Waals surface area contributed by atoms with E-state index in [1.54, 1.807) is 0 Å². The normalized spacial score (nSPS) is 20.1. The van der Waals surface area contributed by atoms with Crippen molar-refractivity contribution in [3.8, 4) is 0 Å². The van der Waals surface area contributed by atoms with Crippen molar-refractivity contribution < 1.29 is 4.79 Å². The number of rotatable bonds is 3. The first kappa shape index (κ1) is 11.2. The summed E-state index contributed by atoms with van der Waals surface area (Å²) < 4.78 is 0. The number of hydrogen-bond acceptors (Lipinski definition) is 1. The van der Waals surface area contributed by atoms with Crippen molar-refractivity contribution in [2.45, 2.75) is 38.6 Å². The molecule has 0 N–H and O–H groups in total. The molecule has 1 aliphatic heterocycles. The maximum atomic E-state index is 12.0.